The van der Waals surface area contributed by atoms with Crippen molar-refractivity contribution in [1.82, 2.24) is 9.55 Å². The SMILES string of the molecule is Cc1ccc(-c2csc3ncn(CC(=O)N4c5ccccc5NC(=O)C[C@H]4C)c(=O)c23)s1. The Labute approximate surface area is 192 Å². The first-order chi connectivity index (χ1) is 15.4. The molecule has 5 rings (SSSR count). The maximum atomic E-state index is 13.4. The quantitative estimate of drug-likeness (QED) is 0.491. The van der Waals surface area contributed by atoms with Crippen molar-refractivity contribution in [1.29, 1.82) is 0 Å². The van der Waals surface area contributed by atoms with E-state index >= 15 is 0 Å². The molecule has 1 aliphatic rings. The standard InChI is InChI=1S/C23H20N4O3S2/c1-13-9-19(28)25-16-5-3-4-6-17(16)27(13)20(29)10-26-12-24-22-21(23(26)30)15(11-31-22)18-8-7-14(2)32-18/h3-8,11-13H,9-10H2,1-2H3,(H,25,28)/t13-/m1/s1. The Morgan fingerprint density at radius 1 is 1.22 bits per heavy atom. The van der Waals surface area contributed by atoms with E-state index in [-0.39, 0.29) is 36.4 Å². The fraction of sp³-hybridized carbons (Fsp3) is 0.217. The van der Waals surface area contributed by atoms with Crippen LogP contribution in [-0.2, 0) is 16.1 Å². The Bertz CT molecular complexity index is 1420. The molecule has 1 N–H and O–H groups in total. The number of aryl methyl sites for hydroxylation is 1. The first-order valence-corrected chi connectivity index (χ1v) is 11.9. The van der Waals surface area contributed by atoms with Crippen LogP contribution >= 0.6 is 22.7 Å². The highest BCUT2D eigenvalue weighted by atomic mass is 32.1. The summed E-state index contributed by atoms with van der Waals surface area (Å²) in [6.07, 6.45) is 1.61. The highest BCUT2D eigenvalue weighted by Crippen LogP contribution is 2.35. The van der Waals surface area contributed by atoms with E-state index in [1.54, 1.807) is 28.4 Å². The van der Waals surface area contributed by atoms with E-state index in [2.05, 4.69) is 10.3 Å². The van der Waals surface area contributed by atoms with Crippen LogP contribution in [0.5, 0.6) is 0 Å². The van der Waals surface area contributed by atoms with Crippen LogP contribution in [0, 0.1) is 6.92 Å². The summed E-state index contributed by atoms with van der Waals surface area (Å²) in [4.78, 5) is 47.8. The van der Waals surface area contributed by atoms with E-state index in [0.717, 1.165) is 15.3 Å². The van der Waals surface area contributed by atoms with Gasteiger partial charge in [-0.2, -0.15) is 0 Å². The summed E-state index contributed by atoms with van der Waals surface area (Å²) in [5, 5.41) is 5.33. The molecule has 162 valence electrons. The van der Waals surface area contributed by atoms with Gasteiger partial charge in [-0.1, -0.05) is 12.1 Å². The van der Waals surface area contributed by atoms with Crippen LogP contribution in [0.2, 0.25) is 0 Å². The summed E-state index contributed by atoms with van der Waals surface area (Å²) in [5.41, 5.74) is 1.83. The number of thiophene rings is 2. The fourth-order valence-corrected chi connectivity index (χ4v) is 5.89. The summed E-state index contributed by atoms with van der Waals surface area (Å²) >= 11 is 3.05. The van der Waals surface area contributed by atoms with E-state index in [4.69, 9.17) is 0 Å². The van der Waals surface area contributed by atoms with E-state index in [1.807, 2.05) is 43.5 Å². The highest BCUT2D eigenvalue weighted by molar-refractivity contribution is 7.19. The van der Waals surface area contributed by atoms with Crippen LogP contribution < -0.4 is 15.8 Å². The van der Waals surface area contributed by atoms with E-state index in [9.17, 15) is 14.4 Å². The number of para-hydroxylation sites is 2. The number of rotatable bonds is 3. The summed E-state index contributed by atoms with van der Waals surface area (Å²) < 4.78 is 1.36. The molecule has 7 nitrogen and oxygen atoms in total. The molecule has 0 unspecified atom stereocenters. The molecule has 1 aromatic carbocycles. The zero-order valence-corrected chi connectivity index (χ0v) is 19.1. The summed E-state index contributed by atoms with van der Waals surface area (Å²) in [7, 11) is 0. The third-order valence-corrected chi connectivity index (χ3v) is 7.42. The molecule has 0 aliphatic carbocycles. The molecular formula is C23H20N4O3S2. The van der Waals surface area contributed by atoms with Gasteiger partial charge in [0.2, 0.25) is 11.8 Å². The number of nitrogens with zero attached hydrogens (tertiary/aromatic N) is 3. The van der Waals surface area contributed by atoms with Gasteiger partial charge >= 0.3 is 0 Å². The molecule has 3 aromatic heterocycles. The smallest absolute Gasteiger partial charge is 0.263 e. The molecule has 9 heteroatoms. The minimum Gasteiger partial charge on any atom is -0.324 e. The molecule has 0 saturated heterocycles. The van der Waals surface area contributed by atoms with Crippen molar-refractivity contribution in [3.05, 3.63) is 63.3 Å². The third-order valence-electron chi connectivity index (χ3n) is 5.50. The summed E-state index contributed by atoms with van der Waals surface area (Å²) in [6.45, 7) is 3.70. The van der Waals surface area contributed by atoms with E-state index in [0.29, 0.717) is 21.6 Å². The number of nitrogens with one attached hydrogen (secondary N) is 1. The largest absolute Gasteiger partial charge is 0.324 e. The van der Waals surface area contributed by atoms with Crippen LogP contribution in [-0.4, -0.2) is 27.4 Å². The number of fused-ring (bicyclic) bond motifs is 2. The van der Waals surface area contributed by atoms with Crippen LogP contribution in [0.3, 0.4) is 0 Å². The van der Waals surface area contributed by atoms with Gasteiger partial charge in [0.25, 0.3) is 5.56 Å². The van der Waals surface area contributed by atoms with Gasteiger partial charge in [0.05, 0.1) is 23.1 Å². The number of carbonyl (C=O) groups excluding carboxylic acids is 2. The maximum Gasteiger partial charge on any atom is 0.263 e. The first-order valence-electron chi connectivity index (χ1n) is 10.2. The lowest BCUT2D eigenvalue weighted by Gasteiger charge is -2.28. The Morgan fingerprint density at radius 3 is 2.81 bits per heavy atom. The molecule has 1 aliphatic heterocycles. The van der Waals surface area contributed by atoms with E-state index < -0.39 is 0 Å². The van der Waals surface area contributed by atoms with Crippen molar-refractivity contribution >= 4 is 56.1 Å². The predicted octanol–water partition coefficient (Wildman–Crippen LogP) is 4.26. The monoisotopic (exact) mass is 464 g/mol. The lowest BCUT2D eigenvalue weighted by molar-refractivity contribution is -0.120. The molecule has 0 fully saturated rings. The number of anilines is 2. The zero-order valence-electron chi connectivity index (χ0n) is 17.5. The van der Waals surface area contributed by atoms with Crippen LogP contribution in [0.4, 0.5) is 11.4 Å². The Morgan fingerprint density at radius 2 is 2.03 bits per heavy atom. The molecule has 0 bridgehead atoms. The van der Waals surface area contributed by atoms with E-state index in [1.165, 1.54) is 22.2 Å². The van der Waals surface area contributed by atoms with Gasteiger partial charge in [-0.25, -0.2) is 4.98 Å². The zero-order chi connectivity index (χ0) is 22.4. The van der Waals surface area contributed by atoms with Gasteiger partial charge < -0.3 is 10.2 Å². The molecule has 0 spiro atoms. The molecule has 0 saturated carbocycles. The molecule has 4 heterocycles. The maximum absolute atomic E-state index is 13.4. The number of amides is 2. The van der Waals surface area contributed by atoms with Gasteiger partial charge in [-0.15, -0.1) is 22.7 Å². The van der Waals surface area contributed by atoms with Crippen LogP contribution in [0.25, 0.3) is 20.7 Å². The highest BCUT2D eigenvalue weighted by Gasteiger charge is 2.30. The lowest BCUT2D eigenvalue weighted by atomic mass is 10.1. The number of hydrogen-bond donors (Lipinski definition) is 1. The molecule has 32 heavy (non-hydrogen) atoms. The minimum absolute atomic E-state index is 0.144. The number of hydrogen-bond acceptors (Lipinski definition) is 6. The van der Waals surface area contributed by atoms with Crippen molar-refractivity contribution in [2.75, 3.05) is 10.2 Å². The lowest BCUT2D eigenvalue weighted by Crippen LogP contribution is -2.42. The number of aromatic nitrogens is 2. The Kier molecular flexibility index (Phi) is 5.15. The van der Waals surface area contributed by atoms with Crippen molar-refractivity contribution in [2.24, 2.45) is 0 Å². The average molecular weight is 465 g/mol. The van der Waals surface area contributed by atoms with Crippen molar-refractivity contribution in [3.8, 4) is 10.4 Å². The van der Waals surface area contributed by atoms with Crippen molar-refractivity contribution < 1.29 is 9.59 Å². The van der Waals surface area contributed by atoms with Gasteiger partial charge in [-0.3, -0.25) is 19.0 Å². The van der Waals surface area contributed by atoms with Gasteiger partial charge in [-0.05, 0) is 38.1 Å². The third kappa shape index (κ3) is 3.53. The number of benzene rings is 1. The topological polar surface area (TPSA) is 84.3 Å². The normalized spacial score (nSPS) is 16.0. The molecule has 0 radical (unpaired) electrons. The summed E-state index contributed by atoms with van der Waals surface area (Å²) in [5.74, 6) is -0.414. The second-order valence-corrected chi connectivity index (χ2v) is 9.95. The Hall–Kier alpha value is -3.30. The molecule has 1 atom stereocenters. The first kappa shape index (κ1) is 20.6. The number of carbonyl (C=O) groups is 2. The second-order valence-electron chi connectivity index (χ2n) is 7.80. The Balaban J connectivity index is 1.53. The predicted molar refractivity (Wildman–Crippen MR) is 129 cm³/mol. The fourth-order valence-electron chi connectivity index (χ4n) is 4.03. The second kappa shape index (κ2) is 7.99. The van der Waals surface area contributed by atoms with Gasteiger partial charge in [0, 0.05) is 33.2 Å². The van der Waals surface area contributed by atoms with Gasteiger partial charge in [0.1, 0.15) is 11.4 Å². The van der Waals surface area contributed by atoms with Crippen LogP contribution in [0.15, 0.2) is 52.9 Å². The summed E-state index contributed by atoms with van der Waals surface area (Å²) in [6, 6.07) is 10.9. The molecule has 2 amide bonds. The molecule has 4 aromatic rings. The van der Waals surface area contributed by atoms with Crippen molar-refractivity contribution in [2.45, 2.75) is 32.9 Å². The molecular weight excluding hydrogens is 444 g/mol. The minimum atomic E-state index is -0.343. The van der Waals surface area contributed by atoms with Gasteiger partial charge in [0.15, 0.2) is 0 Å². The van der Waals surface area contributed by atoms with Crippen molar-refractivity contribution in [3.63, 3.8) is 0 Å². The van der Waals surface area contributed by atoms with Crippen LogP contribution in [0.1, 0.15) is 18.2 Å². The average Bonchev–Trinajstić information content (AvgIpc) is 3.34.